The molecule has 0 aliphatic heterocycles. The van der Waals surface area contributed by atoms with Crippen LogP contribution >= 0.6 is 0 Å². The molecule has 6 heteroatoms. The molecule has 0 aromatic carbocycles. The fourth-order valence-electron chi connectivity index (χ4n) is 9.43. The Morgan fingerprint density at radius 3 is 1.13 bits per heavy atom. The standard InChI is InChI=1S/C63H119NO5/c1-3-5-7-9-11-13-15-17-28-33-37-41-45-49-53-57-63(68)69-58-54-50-46-42-38-34-30-27-25-23-21-19-18-20-22-24-26-29-32-36-40-44-48-52-56-62(67)64-60(59-65)61(66)55-51-47-43-39-35-31-16-14-12-10-8-6-4-2/h11,13,17,28,51,55,60-61,65-66H,3-10,12,14-16,18-27,29-50,52-54,56-59H2,1-2H3,(H,64,67)/b13-11-,28-17-,55-51+/t60-,61+/m0/s1. The summed E-state index contributed by atoms with van der Waals surface area (Å²) in [5.74, 6) is -0.0658. The second-order valence-corrected chi connectivity index (χ2v) is 21.0. The normalized spacial score (nSPS) is 12.8. The van der Waals surface area contributed by atoms with E-state index in [4.69, 9.17) is 4.74 Å². The van der Waals surface area contributed by atoms with E-state index >= 15 is 0 Å². The van der Waals surface area contributed by atoms with Crippen molar-refractivity contribution in [3.8, 4) is 0 Å². The number of amides is 1. The van der Waals surface area contributed by atoms with Gasteiger partial charge in [-0.1, -0.05) is 288 Å². The maximum Gasteiger partial charge on any atom is 0.305 e. The fourth-order valence-corrected chi connectivity index (χ4v) is 9.43. The summed E-state index contributed by atoms with van der Waals surface area (Å²) in [6.45, 7) is 4.88. The molecule has 0 radical (unpaired) electrons. The molecule has 0 aliphatic rings. The van der Waals surface area contributed by atoms with Crippen molar-refractivity contribution in [1.29, 1.82) is 0 Å². The van der Waals surface area contributed by atoms with Gasteiger partial charge in [-0.25, -0.2) is 0 Å². The maximum atomic E-state index is 12.4. The zero-order valence-electron chi connectivity index (χ0n) is 46.3. The van der Waals surface area contributed by atoms with Crippen molar-refractivity contribution < 1.29 is 24.5 Å². The summed E-state index contributed by atoms with van der Waals surface area (Å²) >= 11 is 0. The Balaban J connectivity index is 3.38. The van der Waals surface area contributed by atoms with Gasteiger partial charge in [0.05, 0.1) is 25.4 Å². The lowest BCUT2D eigenvalue weighted by Crippen LogP contribution is -2.45. The number of esters is 1. The van der Waals surface area contributed by atoms with Crippen LogP contribution in [0, 0.1) is 0 Å². The van der Waals surface area contributed by atoms with Gasteiger partial charge >= 0.3 is 5.97 Å². The van der Waals surface area contributed by atoms with E-state index in [-0.39, 0.29) is 18.5 Å². The van der Waals surface area contributed by atoms with Gasteiger partial charge in [-0.3, -0.25) is 9.59 Å². The van der Waals surface area contributed by atoms with E-state index < -0.39 is 12.1 Å². The number of unbranched alkanes of at least 4 members (excludes halogenated alkanes) is 42. The zero-order chi connectivity index (χ0) is 50.0. The molecule has 3 N–H and O–H groups in total. The molecule has 0 fully saturated rings. The first kappa shape index (κ1) is 67.1. The van der Waals surface area contributed by atoms with E-state index in [2.05, 4.69) is 43.5 Å². The van der Waals surface area contributed by atoms with E-state index in [1.165, 1.54) is 250 Å². The summed E-state index contributed by atoms with van der Waals surface area (Å²) in [6, 6.07) is -0.626. The lowest BCUT2D eigenvalue weighted by Gasteiger charge is -2.20. The molecule has 0 bridgehead atoms. The average molecular weight is 971 g/mol. The largest absolute Gasteiger partial charge is 0.466 e. The highest BCUT2D eigenvalue weighted by Gasteiger charge is 2.18. The van der Waals surface area contributed by atoms with E-state index in [9.17, 15) is 19.8 Å². The summed E-state index contributed by atoms with van der Waals surface area (Å²) in [4.78, 5) is 24.5. The predicted molar refractivity (Wildman–Crippen MR) is 301 cm³/mol. The van der Waals surface area contributed by atoms with Crippen LogP contribution in [0.5, 0.6) is 0 Å². The number of rotatable bonds is 57. The van der Waals surface area contributed by atoms with Crippen LogP contribution in [0.1, 0.15) is 328 Å². The molecule has 69 heavy (non-hydrogen) atoms. The van der Waals surface area contributed by atoms with Gasteiger partial charge in [0.15, 0.2) is 0 Å². The Morgan fingerprint density at radius 2 is 0.725 bits per heavy atom. The molecule has 0 spiro atoms. The van der Waals surface area contributed by atoms with Crippen LogP contribution in [0.2, 0.25) is 0 Å². The highest BCUT2D eigenvalue weighted by Crippen LogP contribution is 2.17. The fraction of sp³-hybridized carbons (Fsp3) is 0.873. The second kappa shape index (κ2) is 58.6. The topological polar surface area (TPSA) is 95.9 Å². The van der Waals surface area contributed by atoms with Gasteiger partial charge in [-0.05, 0) is 64.2 Å². The van der Waals surface area contributed by atoms with Crippen molar-refractivity contribution in [3.05, 3.63) is 36.5 Å². The van der Waals surface area contributed by atoms with Crippen LogP contribution in [-0.4, -0.2) is 47.4 Å². The lowest BCUT2D eigenvalue weighted by molar-refractivity contribution is -0.143. The third-order valence-electron chi connectivity index (χ3n) is 14.2. The SMILES string of the molecule is CCCCC/C=C\C/C=C\CCCCCCCC(=O)OCCCCCCCCCCCCCCCCCCCCCCCCCCC(=O)N[C@@H](CO)[C@H](O)/C=C/CCCCCCCCCCCCC. The number of allylic oxidation sites excluding steroid dienone is 5. The number of carbonyl (C=O) groups excluding carboxylic acids is 2. The van der Waals surface area contributed by atoms with Gasteiger partial charge < -0.3 is 20.3 Å². The van der Waals surface area contributed by atoms with E-state index in [0.29, 0.717) is 19.4 Å². The number of hydrogen-bond donors (Lipinski definition) is 3. The molecule has 2 atom stereocenters. The minimum Gasteiger partial charge on any atom is -0.466 e. The number of ether oxygens (including phenoxy) is 1. The molecule has 6 nitrogen and oxygen atoms in total. The number of carbonyl (C=O) groups is 2. The Hall–Kier alpha value is -1.92. The van der Waals surface area contributed by atoms with E-state index in [0.717, 1.165) is 51.4 Å². The molecule has 0 saturated heterocycles. The molecule has 0 heterocycles. The molecule has 0 saturated carbocycles. The van der Waals surface area contributed by atoms with Crippen molar-refractivity contribution in [1.82, 2.24) is 5.32 Å². The molecule has 406 valence electrons. The first-order chi connectivity index (χ1) is 34.0. The zero-order valence-corrected chi connectivity index (χ0v) is 46.3. The molecule has 1 amide bonds. The number of aliphatic hydroxyl groups is 2. The molecule has 0 unspecified atom stereocenters. The first-order valence-corrected chi connectivity index (χ1v) is 30.8. The molecule has 0 aromatic heterocycles. The van der Waals surface area contributed by atoms with Crippen molar-refractivity contribution in [3.63, 3.8) is 0 Å². The Morgan fingerprint density at radius 1 is 0.406 bits per heavy atom. The van der Waals surface area contributed by atoms with Gasteiger partial charge in [0, 0.05) is 12.8 Å². The summed E-state index contributed by atoms with van der Waals surface area (Å²) in [5.41, 5.74) is 0. The summed E-state index contributed by atoms with van der Waals surface area (Å²) < 4.78 is 5.48. The Labute approximate surface area is 430 Å². The lowest BCUT2D eigenvalue weighted by atomic mass is 10.0. The van der Waals surface area contributed by atoms with Crippen LogP contribution < -0.4 is 5.32 Å². The van der Waals surface area contributed by atoms with Crippen LogP contribution in [0.4, 0.5) is 0 Å². The van der Waals surface area contributed by atoms with Crippen LogP contribution in [0.15, 0.2) is 36.5 Å². The van der Waals surface area contributed by atoms with Crippen molar-refractivity contribution in [2.24, 2.45) is 0 Å². The Kier molecular flexibility index (Phi) is 57.0. The Bertz CT molecular complexity index is 1120. The number of nitrogens with one attached hydrogen (secondary N) is 1. The first-order valence-electron chi connectivity index (χ1n) is 30.8. The summed E-state index contributed by atoms with van der Waals surface area (Å²) in [6.07, 6.45) is 73.3. The van der Waals surface area contributed by atoms with E-state index in [1.54, 1.807) is 6.08 Å². The van der Waals surface area contributed by atoms with Gasteiger partial charge in [0.1, 0.15) is 0 Å². The van der Waals surface area contributed by atoms with Crippen LogP contribution in [-0.2, 0) is 14.3 Å². The second-order valence-electron chi connectivity index (χ2n) is 21.0. The van der Waals surface area contributed by atoms with Gasteiger partial charge in [-0.2, -0.15) is 0 Å². The van der Waals surface area contributed by atoms with Crippen molar-refractivity contribution >= 4 is 11.9 Å². The van der Waals surface area contributed by atoms with Gasteiger partial charge in [0.2, 0.25) is 5.91 Å². The third-order valence-corrected chi connectivity index (χ3v) is 14.2. The minimum absolute atomic E-state index is 0.000836. The highest BCUT2D eigenvalue weighted by atomic mass is 16.5. The molecule has 0 aliphatic carbocycles. The summed E-state index contributed by atoms with van der Waals surface area (Å²) in [5, 5.41) is 23.1. The van der Waals surface area contributed by atoms with Crippen LogP contribution in [0.25, 0.3) is 0 Å². The smallest absolute Gasteiger partial charge is 0.305 e. The molecular formula is C63H119NO5. The minimum atomic E-state index is -0.843. The number of aliphatic hydroxyl groups excluding tert-OH is 2. The molecule has 0 rings (SSSR count). The van der Waals surface area contributed by atoms with Crippen LogP contribution in [0.3, 0.4) is 0 Å². The van der Waals surface area contributed by atoms with Gasteiger partial charge in [0.25, 0.3) is 0 Å². The quantitative estimate of drug-likeness (QED) is 0.0321. The average Bonchev–Trinajstić information content (AvgIpc) is 3.35. The molecule has 0 aromatic rings. The predicted octanol–water partition coefficient (Wildman–Crippen LogP) is 19.2. The summed E-state index contributed by atoms with van der Waals surface area (Å²) in [7, 11) is 0. The third kappa shape index (κ3) is 55.2. The van der Waals surface area contributed by atoms with Crippen molar-refractivity contribution in [2.45, 2.75) is 341 Å². The molecular weight excluding hydrogens is 851 g/mol. The van der Waals surface area contributed by atoms with Crippen molar-refractivity contribution in [2.75, 3.05) is 13.2 Å². The van der Waals surface area contributed by atoms with Gasteiger partial charge in [-0.15, -0.1) is 0 Å². The number of hydrogen-bond acceptors (Lipinski definition) is 5. The maximum absolute atomic E-state index is 12.4. The van der Waals surface area contributed by atoms with E-state index in [1.807, 2.05) is 6.08 Å². The highest BCUT2D eigenvalue weighted by molar-refractivity contribution is 5.76. The monoisotopic (exact) mass is 970 g/mol.